The molecule has 6 rings (SSSR count). The number of halogens is 4. The van der Waals surface area contributed by atoms with Crippen LogP contribution in [0.5, 0.6) is 5.88 Å². The van der Waals surface area contributed by atoms with Crippen LogP contribution in [0.1, 0.15) is 53.3 Å². The van der Waals surface area contributed by atoms with E-state index >= 15 is 0 Å². The van der Waals surface area contributed by atoms with Gasteiger partial charge >= 0.3 is 11.0 Å². The molecule has 3 aromatic rings. The van der Waals surface area contributed by atoms with E-state index in [0.717, 1.165) is 43.1 Å². The molecular formula is C27H24ClF3N4O2S. The van der Waals surface area contributed by atoms with Crippen molar-refractivity contribution in [2.75, 3.05) is 7.05 Å². The Kier molecular flexibility index (Phi) is 6.24. The van der Waals surface area contributed by atoms with Crippen molar-refractivity contribution in [3.05, 3.63) is 83.2 Å². The Bertz CT molecular complexity index is 1630. The van der Waals surface area contributed by atoms with Crippen molar-refractivity contribution in [2.45, 2.75) is 56.4 Å². The lowest BCUT2D eigenvalue weighted by molar-refractivity contribution is -0.138. The molecule has 2 saturated heterocycles. The first-order chi connectivity index (χ1) is 18.1. The minimum atomic E-state index is -4.62. The number of hydrogen-bond donors (Lipinski definition) is 1. The van der Waals surface area contributed by atoms with E-state index in [0.29, 0.717) is 33.8 Å². The van der Waals surface area contributed by atoms with Crippen molar-refractivity contribution in [1.29, 1.82) is 0 Å². The van der Waals surface area contributed by atoms with Crippen LogP contribution in [0.25, 0.3) is 5.57 Å². The predicted octanol–water partition coefficient (Wildman–Crippen LogP) is 4.49. The van der Waals surface area contributed by atoms with E-state index in [-0.39, 0.29) is 38.7 Å². The summed E-state index contributed by atoms with van der Waals surface area (Å²) in [6, 6.07) is 9.45. The molecule has 0 radical (unpaired) electrons. The molecule has 2 bridgehead atoms. The molecule has 2 unspecified atom stereocenters. The van der Waals surface area contributed by atoms with E-state index in [4.69, 9.17) is 11.6 Å². The summed E-state index contributed by atoms with van der Waals surface area (Å²) in [7, 11) is 2.10. The lowest BCUT2D eigenvalue weighted by Gasteiger charge is -2.36. The first kappa shape index (κ1) is 25.3. The molecule has 0 amide bonds. The molecule has 0 aliphatic carbocycles. The average Bonchev–Trinajstić information content (AvgIpc) is 3.50. The fourth-order valence-electron chi connectivity index (χ4n) is 6.05. The molecule has 2 fully saturated rings. The van der Waals surface area contributed by atoms with Crippen molar-refractivity contribution in [3.8, 4) is 5.88 Å². The second kappa shape index (κ2) is 9.36. The quantitative estimate of drug-likeness (QED) is 0.511. The highest BCUT2D eigenvalue weighted by molar-refractivity contribution is 7.10. The van der Waals surface area contributed by atoms with Crippen molar-refractivity contribution in [1.82, 2.24) is 9.47 Å². The van der Waals surface area contributed by atoms with Gasteiger partial charge in [0.25, 0.3) is 0 Å². The molecule has 1 aromatic heterocycles. The third-order valence-electron chi connectivity index (χ3n) is 8.01. The number of aromatic hydroxyl groups is 1. The highest BCUT2D eigenvalue weighted by atomic mass is 35.5. The Balaban J connectivity index is 1.51. The van der Waals surface area contributed by atoms with E-state index < -0.39 is 11.7 Å². The lowest BCUT2D eigenvalue weighted by atomic mass is 9.95. The summed E-state index contributed by atoms with van der Waals surface area (Å²) >= 11 is 6.79. The van der Waals surface area contributed by atoms with Gasteiger partial charge in [-0.3, -0.25) is 9.36 Å². The monoisotopic (exact) mass is 560 g/mol. The van der Waals surface area contributed by atoms with Crippen molar-refractivity contribution < 1.29 is 18.3 Å². The standard InChI is InChI=1S/C27H24ClF3N4O2S/c1-34-18-5-6-19(34)12-20(11-18)35-25(36)24(38-26(35)37)21(14-3-7-23-16(8-14)13-32-33-23)9-15-2-4-17(28)10-22(15)27(29,30)31/h2-4,7-8,10,13,18-20,36H,5-6,9,11-12H2,1H3. The van der Waals surface area contributed by atoms with E-state index in [1.54, 1.807) is 24.4 Å². The molecule has 2 aromatic carbocycles. The number of rotatable bonds is 4. The Labute approximate surface area is 225 Å². The third kappa shape index (κ3) is 4.38. The van der Waals surface area contributed by atoms with Crippen LogP contribution < -0.4 is 15.4 Å². The largest absolute Gasteiger partial charge is 0.493 e. The summed E-state index contributed by atoms with van der Waals surface area (Å²) in [4.78, 5) is 15.6. The van der Waals surface area contributed by atoms with Crippen LogP contribution in [0.3, 0.4) is 0 Å². The summed E-state index contributed by atoms with van der Waals surface area (Å²) in [5.74, 6) is -0.190. The summed E-state index contributed by atoms with van der Waals surface area (Å²) in [5, 5.41) is 20.6. The third-order valence-corrected chi connectivity index (χ3v) is 9.25. The summed E-state index contributed by atoms with van der Waals surface area (Å²) in [6.07, 6.45) is 0.396. The van der Waals surface area contributed by atoms with Crippen molar-refractivity contribution in [2.24, 2.45) is 10.2 Å². The fraction of sp³-hybridized carbons (Fsp3) is 0.370. The number of piperidine rings is 1. The van der Waals surface area contributed by atoms with Crippen LogP contribution >= 0.6 is 22.9 Å². The second-order valence-electron chi connectivity index (χ2n) is 10.1. The Morgan fingerprint density at radius 2 is 1.87 bits per heavy atom. The molecule has 4 heterocycles. The van der Waals surface area contributed by atoms with Crippen LogP contribution in [0.15, 0.2) is 51.4 Å². The summed E-state index contributed by atoms with van der Waals surface area (Å²) in [6.45, 7) is 0. The second-order valence-corrected chi connectivity index (χ2v) is 11.5. The molecule has 11 heteroatoms. The molecule has 0 saturated carbocycles. The average molecular weight is 561 g/mol. The minimum absolute atomic E-state index is 0.000104. The predicted molar refractivity (Wildman–Crippen MR) is 141 cm³/mol. The van der Waals surface area contributed by atoms with Gasteiger partial charge in [0.2, 0.25) is 5.88 Å². The minimum Gasteiger partial charge on any atom is -0.493 e. The van der Waals surface area contributed by atoms with Crippen LogP contribution in [-0.2, 0) is 12.6 Å². The summed E-state index contributed by atoms with van der Waals surface area (Å²) in [5.41, 5.74) is 0.291. The molecule has 38 heavy (non-hydrogen) atoms. The number of aromatic nitrogens is 1. The van der Waals surface area contributed by atoms with E-state index in [9.17, 15) is 23.1 Å². The van der Waals surface area contributed by atoms with Crippen LogP contribution in [-0.4, -0.2) is 39.9 Å². The number of thiazole rings is 1. The van der Waals surface area contributed by atoms with Gasteiger partial charge < -0.3 is 10.0 Å². The maximum absolute atomic E-state index is 14.0. The highest BCUT2D eigenvalue weighted by Gasteiger charge is 2.41. The van der Waals surface area contributed by atoms with E-state index in [2.05, 4.69) is 22.2 Å². The van der Waals surface area contributed by atoms with Gasteiger partial charge in [0.15, 0.2) is 0 Å². The van der Waals surface area contributed by atoms with Gasteiger partial charge in [-0.2, -0.15) is 23.4 Å². The van der Waals surface area contributed by atoms with Gasteiger partial charge in [-0.15, -0.1) is 0 Å². The summed E-state index contributed by atoms with van der Waals surface area (Å²) < 4.78 is 43.3. The van der Waals surface area contributed by atoms with Crippen molar-refractivity contribution in [3.63, 3.8) is 0 Å². The first-order valence-corrected chi connectivity index (χ1v) is 13.6. The number of hydrogen-bond acceptors (Lipinski definition) is 6. The lowest BCUT2D eigenvalue weighted by Crippen LogP contribution is -2.41. The molecule has 0 spiro atoms. The molecule has 3 aliphatic heterocycles. The number of nitrogens with zero attached hydrogens (tertiary/aromatic N) is 4. The number of benzene rings is 2. The van der Waals surface area contributed by atoms with Gasteiger partial charge in [0.05, 0.1) is 22.0 Å². The zero-order valence-electron chi connectivity index (χ0n) is 20.4. The Morgan fingerprint density at radius 1 is 1.13 bits per heavy atom. The molecule has 6 nitrogen and oxygen atoms in total. The number of alkyl halides is 3. The van der Waals surface area contributed by atoms with E-state index in [1.165, 1.54) is 16.7 Å². The van der Waals surface area contributed by atoms with Crippen LogP contribution in [0.4, 0.5) is 13.2 Å². The van der Waals surface area contributed by atoms with E-state index in [1.807, 2.05) is 0 Å². The van der Waals surface area contributed by atoms with Crippen LogP contribution in [0, 0.1) is 0 Å². The Morgan fingerprint density at radius 3 is 2.58 bits per heavy atom. The van der Waals surface area contributed by atoms with Gasteiger partial charge in [-0.1, -0.05) is 35.1 Å². The maximum Gasteiger partial charge on any atom is 0.416 e. The first-order valence-electron chi connectivity index (χ1n) is 12.4. The molecule has 3 aliphatic rings. The van der Waals surface area contributed by atoms with Crippen LogP contribution in [0.2, 0.25) is 5.02 Å². The zero-order valence-corrected chi connectivity index (χ0v) is 21.9. The molecule has 1 N–H and O–H groups in total. The smallest absolute Gasteiger partial charge is 0.416 e. The van der Waals surface area contributed by atoms with Gasteiger partial charge in [-0.25, -0.2) is 0 Å². The molecule has 198 valence electrons. The molecule has 2 atom stereocenters. The number of fused-ring (bicyclic) bond motifs is 3. The normalized spacial score (nSPS) is 23.4. The van der Waals surface area contributed by atoms with Gasteiger partial charge in [-0.05, 0) is 73.4 Å². The SMILES string of the molecule is CN1C2CCC1CC(n1c(O)c(C(Cc3ccc(Cl)cc3C(F)(F)F)=c3ccc4c(c3)C=NN=4)sc1=O)C2. The fourth-order valence-corrected chi connectivity index (χ4v) is 7.23. The topological polar surface area (TPSA) is 70.2 Å². The molecular weight excluding hydrogens is 537 g/mol. The maximum atomic E-state index is 14.0. The van der Waals surface area contributed by atoms with Gasteiger partial charge in [0.1, 0.15) is 0 Å². The Hall–Kier alpha value is -2.95. The zero-order chi connectivity index (χ0) is 26.8. The van der Waals surface area contributed by atoms with Crippen molar-refractivity contribution >= 4 is 34.7 Å². The van der Waals surface area contributed by atoms with Gasteiger partial charge in [0, 0.05) is 35.1 Å². The highest BCUT2D eigenvalue weighted by Crippen LogP contribution is 2.43.